The number of alkyl halides is 3. The number of sulfonamides is 1. The van der Waals surface area contributed by atoms with Gasteiger partial charge in [0.15, 0.2) is 0 Å². The number of hydrogen-bond donors (Lipinski definition) is 1. The van der Waals surface area contributed by atoms with Crippen LogP contribution in [0.4, 0.5) is 13.2 Å². The largest absolute Gasteiger partial charge is 0.441 e. The van der Waals surface area contributed by atoms with Crippen LogP contribution in [-0.2, 0) is 10.0 Å². The molecule has 0 aliphatic rings. The van der Waals surface area contributed by atoms with Gasteiger partial charge in [-0.1, -0.05) is 17.7 Å². The van der Waals surface area contributed by atoms with E-state index in [2.05, 4.69) is 20.7 Å². The second kappa shape index (κ2) is 6.66. The van der Waals surface area contributed by atoms with Crippen molar-refractivity contribution in [3.8, 4) is 0 Å². The van der Waals surface area contributed by atoms with Gasteiger partial charge in [-0.3, -0.25) is 0 Å². The molecule has 0 bridgehead atoms. The summed E-state index contributed by atoms with van der Waals surface area (Å²) in [4.78, 5) is -0.186. The van der Waals surface area contributed by atoms with Gasteiger partial charge in [-0.2, -0.15) is 13.2 Å². The zero-order valence-electron chi connectivity index (χ0n) is 9.17. The van der Waals surface area contributed by atoms with E-state index >= 15 is 0 Å². The first-order valence-corrected chi connectivity index (χ1v) is 8.42. The summed E-state index contributed by atoms with van der Waals surface area (Å²) < 4.78 is 61.7. The van der Waals surface area contributed by atoms with Crippen molar-refractivity contribution in [1.82, 2.24) is 4.72 Å². The van der Waals surface area contributed by atoms with Crippen molar-refractivity contribution in [3.63, 3.8) is 0 Å². The fourth-order valence-corrected chi connectivity index (χ4v) is 4.48. The molecular weight excluding hydrogens is 391 g/mol. The minimum absolute atomic E-state index is 0.00894. The Kier molecular flexibility index (Phi) is 5.99. The Labute approximate surface area is 126 Å². The van der Waals surface area contributed by atoms with Crippen molar-refractivity contribution >= 4 is 49.3 Å². The van der Waals surface area contributed by atoms with Crippen LogP contribution in [0, 0.1) is 0 Å². The van der Waals surface area contributed by atoms with Crippen molar-refractivity contribution in [3.05, 3.63) is 27.7 Å². The van der Waals surface area contributed by atoms with Gasteiger partial charge < -0.3 is 0 Å². The standard InChI is InChI=1S/C9H8BrClF3NO2S2/c10-6-2-1-3-7(11)8(6)19(16,17)15-4-5-18-9(12,13)14/h1-3,15H,4-5H2. The average molecular weight is 399 g/mol. The second-order valence-corrected chi connectivity index (χ2v) is 7.37. The Hall–Kier alpha value is 0.0400. The van der Waals surface area contributed by atoms with Crippen molar-refractivity contribution in [1.29, 1.82) is 0 Å². The first-order chi connectivity index (χ1) is 8.63. The van der Waals surface area contributed by atoms with Gasteiger partial charge in [0.1, 0.15) is 4.90 Å². The summed E-state index contributed by atoms with van der Waals surface area (Å²) in [6.45, 7) is -0.343. The van der Waals surface area contributed by atoms with E-state index in [1.54, 1.807) is 6.07 Å². The van der Waals surface area contributed by atoms with E-state index in [-0.39, 0.29) is 32.7 Å². The summed E-state index contributed by atoms with van der Waals surface area (Å²) in [6, 6.07) is 4.40. The van der Waals surface area contributed by atoms with Gasteiger partial charge in [-0.25, -0.2) is 13.1 Å². The number of nitrogens with one attached hydrogen (secondary N) is 1. The van der Waals surface area contributed by atoms with Crippen LogP contribution in [0.15, 0.2) is 27.6 Å². The summed E-state index contributed by atoms with van der Waals surface area (Å²) in [5.41, 5.74) is -4.38. The zero-order chi connectivity index (χ0) is 14.7. The van der Waals surface area contributed by atoms with Gasteiger partial charge >= 0.3 is 5.51 Å². The molecule has 0 saturated heterocycles. The molecule has 1 aromatic rings. The smallest absolute Gasteiger partial charge is 0.210 e. The van der Waals surface area contributed by atoms with Crippen LogP contribution >= 0.6 is 39.3 Å². The lowest BCUT2D eigenvalue weighted by atomic mass is 10.4. The van der Waals surface area contributed by atoms with E-state index in [9.17, 15) is 21.6 Å². The van der Waals surface area contributed by atoms with Gasteiger partial charge in [-0.15, -0.1) is 0 Å². The van der Waals surface area contributed by atoms with E-state index < -0.39 is 21.3 Å². The summed E-state index contributed by atoms with van der Waals surface area (Å²) in [5, 5.41) is -0.00894. The lowest BCUT2D eigenvalue weighted by Crippen LogP contribution is -2.27. The van der Waals surface area contributed by atoms with E-state index in [0.717, 1.165) is 0 Å². The third kappa shape index (κ3) is 5.50. The summed E-state index contributed by atoms with van der Waals surface area (Å²) in [7, 11) is -3.95. The van der Waals surface area contributed by atoms with Gasteiger partial charge in [-0.05, 0) is 39.8 Å². The molecule has 0 spiro atoms. The maximum Gasteiger partial charge on any atom is 0.441 e. The van der Waals surface area contributed by atoms with E-state index in [1.165, 1.54) is 12.1 Å². The molecule has 0 aliphatic carbocycles. The number of hydrogen-bond acceptors (Lipinski definition) is 3. The van der Waals surface area contributed by atoms with Crippen molar-refractivity contribution in [2.45, 2.75) is 10.4 Å². The second-order valence-electron chi connectivity index (χ2n) is 3.24. The number of rotatable bonds is 5. The van der Waals surface area contributed by atoms with E-state index in [0.29, 0.717) is 0 Å². The molecule has 0 heterocycles. The van der Waals surface area contributed by atoms with E-state index in [4.69, 9.17) is 11.6 Å². The Morgan fingerprint density at radius 1 is 1.37 bits per heavy atom. The molecular formula is C9H8BrClF3NO2S2. The number of thioether (sulfide) groups is 1. The Morgan fingerprint density at radius 3 is 2.53 bits per heavy atom. The van der Waals surface area contributed by atoms with Gasteiger partial charge in [0.05, 0.1) is 5.02 Å². The third-order valence-corrected chi connectivity index (χ3v) is 5.49. The Balaban J connectivity index is 2.72. The molecule has 0 atom stereocenters. The molecule has 0 saturated carbocycles. The van der Waals surface area contributed by atoms with Gasteiger partial charge in [0.25, 0.3) is 0 Å². The van der Waals surface area contributed by atoms with Crippen LogP contribution < -0.4 is 4.72 Å². The quantitative estimate of drug-likeness (QED) is 0.771. The summed E-state index contributed by atoms with van der Waals surface area (Å²) >= 11 is 8.51. The van der Waals surface area contributed by atoms with Crippen molar-refractivity contribution in [2.24, 2.45) is 0 Å². The molecule has 0 radical (unpaired) electrons. The minimum Gasteiger partial charge on any atom is -0.210 e. The maximum absolute atomic E-state index is 11.9. The first kappa shape index (κ1) is 17.1. The first-order valence-electron chi connectivity index (χ1n) is 4.78. The molecule has 3 nitrogen and oxygen atoms in total. The predicted molar refractivity (Wildman–Crippen MR) is 72.9 cm³/mol. The zero-order valence-corrected chi connectivity index (χ0v) is 13.1. The molecule has 10 heteroatoms. The van der Waals surface area contributed by atoms with Crippen LogP contribution in [0.1, 0.15) is 0 Å². The summed E-state index contributed by atoms with van der Waals surface area (Å²) in [5.74, 6) is -0.412. The highest BCUT2D eigenvalue weighted by Gasteiger charge is 2.28. The molecule has 0 fully saturated rings. The molecule has 0 amide bonds. The molecule has 1 rings (SSSR count). The Morgan fingerprint density at radius 2 is 2.00 bits per heavy atom. The van der Waals surface area contributed by atoms with Crippen LogP contribution in [0.5, 0.6) is 0 Å². The fourth-order valence-electron chi connectivity index (χ4n) is 1.15. The SMILES string of the molecule is O=S(=O)(NCCSC(F)(F)F)c1c(Cl)cccc1Br. The lowest BCUT2D eigenvalue weighted by molar-refractivity contribution is -0.0327. The summed E-state index contributed by atoms with van der Waals surface area (Å²) in [6.07, 6.45) is 0. The van der Waals surface area contributed by atoms with Crippen LogP contribution in [-0.4, -0.2) is 26.2 Å². The average Bonchev–Trinajstić information content (AvgIpc) is 2.22. The highest BCUT2D eigenvalue weighted by Crippen LogP contribution is 2.31. The Bertz CT molecular complexity index is 531. The maximum atomic E-state index is 11.9. The topological polar surface area (TPSA) is 46.2 Å². The van der Waals surface area contributed by atoms with Gasteiger partial charge in [0, 0.05) is 16.8 Å². The molecule has 1 aromatic carbocycles. The molecule has 1 N–H and O–H groups in total. The van der Waals surface area contributed by atoms with E-state index in [1.807, 2.05) is 0 Å². The van der Waals surface area contributed by atoms with Crippen LogP contribution in [0.2, 0.25) is 5.02 Å². The molecule has 0 aromatic heterocycles. The van der Waals surface area contributed by atoms with Crippen LogP contribution in [0.3, 0.4) is 0 Å². The molecule has 108 valence electrons. The third-order valence-electron chi connectivity index (χ3n) is 1.85. The lowest BCUT2D eigenvalue weighted by Gasteiger charge is -2.10. The number of benzene rings is 1. The van der Waals surface area contributed by atoms with Crippen molar-refractivity contribution < 1.29 is 21.6 Å². The molecule has 0 unspecified atom stereocenters. The monoisotopic (exact) mass is 397 g/mol. The van der Waals surface area contributed by atoms with Crippen LogP contribution in [0.25, 0.3) is 0 Å². The fraction of sp³-hybridized carbons (Fsp3) is 0.333. The van der Waals surface area contributed by atoms with Gasteiger partial charge in [0.2, 0.25) is 10.0 Å². The molecule has 19 heavy (non-hydrogen) atoms. The minimum atomic E-state index is -4.38. The predicted octanol–water partition coefficient (Wildman–Crippen LogP) is 3.63. The highest BCUT2D eigenvalue weighted by atomic mass is 79.9. The normalized spacial score (nSPS) is 12.7. The molecule has 0 aliphatic heterocycles. The van der Waals surface area contributed by atoms with Crippen molar-refractivity contribution in [2.75, 3.05) is 12.3 Å². The number of halogens is 5. The highest BCUT2D eigenvalue weighted by molar-refractivity contribution is 9.10.